The molecular formula is C23H18N2O2S. The van der Waals surface area contributed by atoms with E-state index in [2.05, 4.69) is 10.5 Å². The van der Waals surface area contributed by atoms with Gasteiger partial charge in [0.15, 0.2) is 5.09 Å². The molecule has 1 aromatic heterocycles. The molecule has 4 rings (SSSR count). The summed E-state index contributed by atoms with van der Waals surface area (Å²) >= 11 is 1.54. The highest BCUT2D eigenvalue weighted by Gasteiger charge is 2.06. The summed E-state index contributed by atoms with van der Waals surface area (Å²) in [6.45, 7) is 0. The lowest BCUT2D eigenvalue weighted by Gasteiger charge is -2.05. The maximum atomic E-state index is 12.2. The fourth-order valence-corrected chi connectivity index (χ4v) is 3.69. The number of amides is 1. The Morgan fingerprint density at radius 2 is 1.71 bits per heavy atom. The highest BCUT2D eigenvalue weighted by Crippen LogP contribution is 2.28. The summed E-state index contributed by atoms with van der Waals surface area (Å²) in [6, 6.07) is 27.7. The second-order valence-electron chi connectivity index (χ2n) is 6.18. The average Bonchev–Trinajstić information content (AvgIpc) is 3.16. The van der Waals surface area contributed by atoms with Gasteiger partial charge in [-0.15, -0.1) is 0 Å². The first kappa shape index (κ1) is 18.1. The molecule has 0 fully saturated rings. The fourth-order valence-electron chi connectivity index (χ4n) is 2.89. The molecule has 5 heteroatoms. The van der Waals surface area contributed by atoms with Gasteiger partial charge in [0, 0.05) is 4.90 Å². The maximum absolute atomic E-state index is 12.2. The van der Waals surface area contributed by atoms with Gasteiger partial charge in [-0.3, -0.25) is 4.79 Å². The lowest BCUT2D eigenvalue weighted by Crippen LogP contribution is -2.19. The van der Waals surface area contributed by atoms with Crippen molar-refractivity contribution in [1.29, 1.82) is 0 Å². The molecule has 0 atom stereocenters. The van der Waals surface area contributed by atoms with Crippen LogP contribution in [0.4, 0.5) is 0 Å². The first-order valence-electron chi connectivity index (χ1n) is 8.89. The van der Waals surface area contributed by atoms with Crippen LogP contribution in [-0.2, 0) is 11.2 Å². The van der Waals surface area contributed by atoms with Crippen molar-refractivity contribution in [3.63, 3.8) is 0 Å². The molecule has 0 aliphatic rings. The predicted molar refractivity (Wildman–Crippen MR) is 113 cm³/mol. The quantitative estimate of drug-likeness (QED) is 0.362. The number of nitrogens with zero attached hydrogens (tertiary/aromatic N) is 1. The van der Waals surface area contributed by atoms with Gasteiger partial charge in [-0.2, -0.15) is 5.10 Å². The van der Waals surface area contributed by atoms with E-state index < -0.39 is 0 Å². The minimum atomic E-state index is -0.168. The van der Waals surface area contributed by atoms with Gasteiger partial charge in [0.1, 0.15) is 5.76 Å². The smallest absolute Gasteiger partial charge is 0.244 e. The summed E-state index contributed by atoms with van der Waals surface area (Å²) in [5, 5.41) is 6.99. The number of hydrogen-bond acceptors (Lipinski definition) is 4. The van der Waals surface area contributed by atoms with E-state index in [4.69, 9.17) is 4.42 Å². The van der Waals surface area contributed by atoms with Crippen LogP contribution in [-0.4, -0.2) is 12.1 Å². The molecule has 28 heavy (non-hydrogen) atoms. The molecular weight excluding hydrogens is 368 g/mol. The van der Waals surface area contributed by atoms with E-state index in [-0.39, 0.29) is 12.3 Å². The van der Waals surface area contributed by atoms with Crippen LogP contribution in [0, 0.1) is 0 Å². The third-order valence-corrected chi connectivity index (χ3v) is 5.10. The molecule has 4 nitrogen and oxygen atoms in total. The van der Waals surface area contributed by atoms with Crippen LogP contribution in [0.5, 0.6) is 0 Å². The zero-order valence-corrected chi connectivity index (χ0v) is 15.9. The van der Waals surface area contributed by atoms with Crippen molar-refractivity contribution in [2.45, 2.75) is 16.4 Å². The van der Waals surface area contributed by atoms with Gasteiger partial charge in [-0.1, -0.05) is 72.4 Å². The van der Waals surface area contributed by atoms with E-state index in [1.165, 1.54) is 18.0 Å². The Morgan fingerprint density at radius 1 is 0.929 bits per heavy atom. The molecule has 3 aromatic carbocycles. The lowest BCUT2D eigenvalue weighted by atomic mass is 10.0. The van der Waals surface area contributed by atoms with Crippen molar-refractivity contribution in [3.05, 3.63) is 96.3 Å². The van der Waals surface area contributed by atoms with E-state index in [0.717, 1.165) is 26.3 Å². The number of nitrogens with one attached hydrogen (secondary N) is 1. The minimum Gasteiger partial charge on any atom is -0.448 e. The summed E-state index contributed by atoms with van der Waals surface area (Å²) in [7, 11) is 0. The van der Waals surface area contributed by atoms with Crippen molar-refractivity contribution in [2.24, 2.45) is 5.10 Å². The van der Waals surface area contributed by atoms with E-state index in [1.54, 1.807) is 0 Å². The monoisotopic (exact) mass is 386 g/mol. The normalized spacial score (nSPS) is 11.1. The SMILES string of the molecule is O=C(Cc1cccc2ccccc12)N/N=C\c1ccc(Sc2ccccc2)o1. The molecule has 0 spiro atoms. The molecule has 138 valence electrons. The summed E-state index contributed by atoms with van der Waals surface area (Å²) in [6.07, 6.45) is 1.78. The number of furan rings is 1. The zero-order chi connectivity index (χ0) is 19.2. The molecule has 0 unspecified atom stereocenters. The molecule has 0 saturated heterocycles. The van der Waals surface area contributed by atoms with Gasteiger partial charge in [0.05, 0.1) is 12.6 Å². The number of rotatable bonds is 6. The van der Waals surface area contributed by atoms with Gasteiger partial charge in [0.2, 0.25) is 5.91 Å². The Labute approximate surface area is 167 Å². The van der Waals surface area contributed by atoms with Gasteiger partial charge >= 0.3 is 0 Å². The van der Waals surface area contributed by atoms with E-state index in [1.807, 2.05) is 84.9 Å². The Bertz CT molecular complexity index is 1110. The Hall–Kier alpha value is -3.31. The second-order valence-corrected chi connectivity index (χ2v) is 7.26. The van der Waals surface area contributed by atoms with Crippen LogP contribution in [0.25, 0.3) is 10.8 Å². The Balaban J connectivity index is 1.35. The number of carbonyl (C=O) groups is 1. The molecule has 0 radical (unpaired) electrons. The molecule has 0 aliphatic heterocycles. The topological polar surface area (TPSA) is 54.6 Å². The van der Waals surface area contributed by atoms with Crippen LogP contribution in [0.15, 0.2) is 104 Å². The largest absolute Gasteiger partial charge is 0.448 e. The van der Waals surface area contributed by atoms with Gasteiger partial charge < -0.3 is 4.42 Å². The predicted octanol–water partition coefficient (Wildman–Crippen LogP) is 5.28. The standard InChI is InChI=1S/C23H18N2O2S/c26-22(15-18-9-6-8-17-7-4-5-12-21(17)18)25-24-16-19-13-14-23(27-19)28-20-10-2-1-3-11-20/h1-14,16H,15H2,(H,25,26)/b24-16-. The van der Waals surface area contributed by atoms with Gasteiger partial charge in [-0.25, -0.2) is 5.43 Å². The first-order valence-corrected chi connectivity index (χ1v) is 9.71. The van der Waals surface area contributed by atoms with Crippen LogP contribution < -0.4 is 5.43 Å². The number of hydrogen-bond donors (Lipinski definition) is 1. The summed E-state index contributed by atoms with van der Waals surface area (Å²) in [5.41, 5.74) is 3.54. The minimum absolute atomic E-state index is 0.168. The molecule has 1 N–H and O–H groups in total. The highest BCUT2D eigenvalue weighted by molar-refractivity contribution is 7.99. The van der Waals surface area contributed by atoms with E-state index >= 15 is 0 Å². The van der Waals surface area contributed by atoms with Crippen molar-refractivity contribution in [2.75, 3.05) is 0 Å². The third-order valence-electron chi connectivity index (χ3n) is 4.18. The zero-order valence-electron chi connectivity index (χ0n) is 15.0. The molecule has 0 bridgehead atoms. The Kier molecular flexibility index (Phi) is 5.54. The van der Waals surface area contributed by atoms with Gasteiger partial charge in [0.25, 0.3) is 0 Å². The van der Waals surface area contributed by atoms with Crippen LogP contribution in [0.3, 0.4) is 0 Å². The molecule has 0 aliphatic carbocycles. The summed E-state index contributed by atoms with van der Waals surface area (Å²) in [5.74, 6) is 0.418. The van der Waals surface area contributed by atoms with Crippen molar-refractivity contribution >= 4 is 34.7 Å². The lowest BCUT2D eigenvalue weighted by molar-refractivity contribution is -0.120. The maximum Gasteiger partial charge on any atom is 0.244 e. The number of carbonyl (C=O) groups excluding carboxylic acids is 1. The van der Waals surface area contributed by atoms with Gasteiger partial charge in [-0.05, 0) is 40.6 Å². The van der Waals surface area contributed by atoms with Crippen LogP contribution in [0.2, 0.25) is 0 Å². The van der Waals surface area contributed by atoms with E-state index in [0.29, 0.717) is 5.76 Å². The highest BCUT2D eigenvalue weighted by atomic mass is 32.2. The molecule has 0 saturated carbocycles. The third kappa shape index (κ3) is 4.50. The molecule has 1 heterocycles. The van der Waals surface area contributed by atoms with Crippen LogP contribution in [0.1, 0.15) is 11.3 Å². The van der Waals surface area contributed by atoms with Crippen molar-refractivity contribution in [3.8, 4) is 0 Å². The number of benzene rings is 3. The average molecular weight is 386 g/mol. The van der Waals surface area contributed by atoms with E-state index in [9.17, 15) is 4.79 Å². The second kappa shape index (κ2) is 8.59. The number of hydrazone groups is 1. The van der Waals surface area contributed by atoms with Crippen molar-refractivity contribution < 1.29 is 9.21 Å². The van der Waals surface area contributed by atoms with Crippen LogP contribution >= 0.6 is 11.8 Å². The molecule has 1 amide bonds. The number of fused-ring (bicyclic) bond motifs is 1. The van der Waals surface area contributed by atoms with Crippen molar-refractivity contribution in [1.82, 2.24) is 5.43 Å². The first-order chi connectivity index (χ1) is 13.8. The Morgan fingerprint density at radius 3 is 2.61 bits per heavy atom. The molecule has 4 aromatic rings. The summed E-state index contributed by atoms with van der Waals surface area (Å²) < 4.78 is 5.71. The fraction of sp³-hybridized carbons (Fsp3) is 0.0435. The summed E-state index contributed by atoms with van der Waals surface area (Å²) in [4.78, 5) is 13.3.